The summed E-state index contributed by atoms with van der Waals surface area (Å²) in [6.07, 6.45) is 2.07. The van der Waals surface area contributed by atoms with Crippen molar-refractivity contribution in [1.29, 1.82) is 0 Å². The van der Waals surface area contributed by atoms with Crippen molar-refractivity contribution in [3.05, 3.63) is 35.4 Å². The smallest absolute Gasteiger partial charge is 0.266 e. The normalized spacial score (nSPS) is 12.1. The lowest BCUT2D eigenvalue weighted by molar-refractivity contribution is 0.101. The van der Waals surface area contributed by atoms with Gasteiger partial charge in [-0.25, -0.2) is 0 Å². The van der Waals surface area contributed by atoms with Crippen LogP contribution in [-0.2, 0) is 0 Å². The van der Waals surface area contributed by atoms with E-state index in [1.807, 2.05) is 12.1 Å². The number of carbonyl (C=O) groups is 1. The lowest BCUT2D eigenvalue weighted by Gasteiger charge is -2.17. The van der Waals surface area contributed by atoms with Crippen LogP contribution in [0, 0.1) is 0 Å². The lowest BCUT2D eigenvalue weighted by Crippen LogP contribution is -2.24. The number of carbonyl (C=O) groups excluding carboxylic acids is 1. The molecule has 6 heteroatoms. The highest BCUT2D eigenvalue weighted by Gasteiger charge is 2.09. The maximum Gasteiger partial charge on any atom is 0.266 e. The molecular weight excluding hydrogens is 320 g/mol. The third-order valence-electron chi connectivity index (χ3n) is 4.22. The highest BCUT2D eigenvalue weighted by atomic mass is 16.5. The van der Waals surface area contributed by atoms with Gasteiger partial charge in [0.05, 0.1) is 12.2 Å². The van der Waals surface area contributed by atoms with Gasteiger partial charge in [-0.05, 0) is 62.8 Å². The summed E-state index contributed by atoms with van der Waals surface area (Å²) >= 11 is 0. The van der Waals surface area contributed by atoms with E-state index in [2.05, 4.69) is 23.9 Å². The van der Waals surface area contributed by atoms with Crippen LogP contribution in [0.4, 0.5) is 0 Å². The Labute approximate surface area is 147 Å². The zero-order valence-electron chi connectivity index (χ0n) is 15.1. The maximum atomic E-state index is 11.6. The van der Waals surface area contributed by atoms with E-state index in [9.17, 15) is 4.79 Å². The molecule has 2 aromatic rings. The second-order valence-electron chi connectivity index (χ2n) is 5.90. The molecule has 0 spiro atoms. The van der Waals surface area contributed by atoms with Crippen LogP contribution < -0.4 is 10.3 Å². The van der Waals surface area contributed by atoms with Crippen LogP contribution in [-0.4, -0.2) is 42.1 Å². The average molecular weight is 346 g/mol. The quantitative estimate of drug-likeness (QED) is 0.326. The number of hydrogen-bond donors (Lipinski definition) is 1. The molecule has 136 valence electrons. The first-order valence-electron chi connectivity index (χ1n) is 8.71. The Morgan fingerprint density at radius 3 is 2.64 bits per heavy atom. The Morgan fingerprint density at radius 2 is 2.00 bits per heavy atom. The second-order valence-corrected chi connectivity index (χ2v) is 5.90. The number of Topliss-reactive ketones (excluding diaryl/α,β-unsaturated/α-hetero) is 1. The number of unbranched alkanes of at least 4 members (excludes halogenated alkanes) is 1. The largest absolute Gasteiger partial charge is 0.493 e. The van der Waals surface area contributed by atoms with Crippen LogP contribution >= 0.6 is 0 Å². The van der Waals surface area contributed by atoms with Gasteiger partial charge in [0.15, 0.2) is 5.78 Å². The van der Waals surface area contributed by atoms with Gasteiger partial charge in [-0.15, -0.1) is 0 Å². The molecule has 0 aliphatic heterocycles. The second kappa shape index (κ2) is 9.22. The van der Waals surface area contributed by atoms with Crippen molar-refractivity contribution in [2.75, 3.05) is 26.2 Å². The molecule has 0 radical (unpaired) electrons. The highest BCUT2D eigenvalue weighted by molar-refractivity contribution is 5.96. The van der Waals surface area contributed by atoms with Crippen LogP contribution in [0.5, 0.6) is 5.75 Å². The molecule has 0 bridgehead atoms. The average Bonchev–Trinajstić information content (AvgIpc) is 2.63. The lowest BCUT2D eigenvalue weighted by atomic mass is 10.1. The number of ether oxygens (including phenoxy) is 1. The van der Waals surface area contributed by atoms with Crippen LogP contribution in [0.3, 0.4) is 0 Å². The molecule has 1 aromatic heterocycles. The van der Waals surface area contributed by atoms with E-state index >= 15 is 0 Å². The molecular formula is C19H26N2O4. The zero-order valence-corrected chi connectivity index (χ0v) is 15.1. The summed E-state index contributed by atoms with van der Waals surface area (Å²) in [5.41, 5.74) is 0.676. The van der Waals surface area contributed by atoms with Crippen LogP contribution in [0.15, 0.2) is 33.8 Å². The van der Waals surface area contributed by atoms with Gasteiger partial charge in [-0.1, -0.05) is 13.8 Å². The first kappa shape index (κ1) is 19.0. The van der Waals surface area contributed by atoms with Crippen molar-refractivity contribution in [2.24, 2.45) is 5.16 Å². The van der Waals surface area contributed by atoms with E-state index in [1.54, 1.807) is 12.1 Å². The van der Waals surface area contributed by atoms with Gasteiger partial charge >= 0.3 is 0 Å². The van der Waals surface area contributed by atoms with Crippen molar-refractivity contribution in [3.63, 3.8) is 0 Å². The third kappa shape index (κ3) is 5.06. The van der Waals surface area contributed by atoms with Gasteiger partial charge < -0.3 is 19.3 Å². The van der Waals surface area contributed by atoms with E-state index < -0.39 is 0 Å². The number of rotatable bonds is 9. The zero-order chi connectivity index (χ0) is 18.2. The summed E-state index contributed by atoms with van der Waals surface area (Å²) in [5, 5.41) is 12.8. The van der Waals surface area contributed by atoms with E-state index in [-0.39, 0.29) is 16.9 Å². The summed E-state index contributed by atoms with van der Waals surface area (Å²) in [6, 6.07) is 7.09. The van der Waals surface area contributed by atoms with Crippen LogP contribution in [0.2, 0.25) is 0 Å². The third-order valence-corrected chi connectivity index (χ3v) is 4.22. The fourth-order valence-electron chi connectivity index (χ4n) is 2.68. The molecule has 25 heavy (non-hydrogen) atoms. The molecule has 1 aromatic carbocycles. The van der Waals surface area contributed by atoms with Gasteiger partial charge in [0.2, 0.25) is 0 Å². The highest BCUT2D eigenvalue weighted by Crippen LogP contribution is 2.21. The maximum absolute atomic E-state index is 11.6. The molecule has 1 heterocycles. The Balaban J connectivity index is 2.01. The van der Waals surface area contributed by atoms with Crippen molar-refractivity contribution >= 4 is 16.8 Å². The first-order chi connectivity index (χ1) is 12.1. The molecule has 1 N–H and O–H groups in total. The van der Waals surface area contributed by atoms with Crippen molar-refractivity contribution in [3.8, 4) is 5.75 Å². The van der Waals surface area contributed by atoms with Gasteiger partial charge in [0.1, 0.15) is 11.3 Å². The molecule has 0 amide bonds. The molecule has 0 aliphatic carbocycles. The van der Waals surface area contributed by atoms with Gasteiger partial charge in [0, 0.05) is 11.5 Å². The number of benzene rings is 1. The van der Waals surface area contributed by atoms with E-state index in [1.165, 1.54) is 6.92 Å². The topological polar surface area (TPSA) is 75.3 Å². The van der Waals surface area contributed by atoms with Gasteiger partial charge in [-0.3, -0.25) is 4.79 Å². The summed E-state index contributed by atoms with van der Waals surface area (Å²) in [7, 11) is 0. The Morgan fingerprint density at radius 1 is 1.24 bits per heavy atom. The summed E-state index contributed by atoms with van der Waals surface area (Å²) in [4.78, 5) is 14.0. The Bertz CT molecular complexity index is 779. The summed E-state index contributed by atoms with van der Waals surface area (Å²) in [6.45, 7) is 9.61. The van der Waals surface area contributed by atoms with E-state index in [0.717, 1.165) is 37.9 Å². The minimum atomic E-state index is -0.216. The monoisotopic (exact) mass is 346 g/mol. The molecule has 6 nitrogen and oxygen atoms in total. The Kier molecular flexibility index (Phi) is 7.01. The molecule has 0 unspecified atom stereocenters. The molecule has 0 saturated carbocycles. The number of fused-ring (bicyclic) bond motifs is 1. The predicted molar refractivity (Wildman–Crippen MR) is 96.1 cm³/mol. The summed E-state index contributed by atoms with van der Waals surface area (Å²) in [5.74, 6) is 0.477. The number of hydrogen-bond acceptors (Lipinski definition) is 6. The predicted octanol–water partition coefficient (Wildman–Crippen LogP) is 3.43. The molecule has 0 atom stereocenters. The fourth-order valence-corrected chi connectivity index (χ4v) is 2.68. The van der Waals surface area contributed by atoms with Gasteiger partial charge in [-0.2, -0.15) is 0 Å². The van der Waals surface area contributed by atoms with Crippen molar-refractivity contribution < 1.29 is 19.2 Å². The van der Waals surface area contributed by atoms with Crippen LogP contribution in [0.1, 0.15) is 44.0 Å². The van der Waals surface area contributed by atoms with Crippen LogP contribution in [0.25, 0.3) is 11.0 Å². The van der Waals surface area contributed by atoms with E-state index in [0.29, 0.717) is 17.9 Å². The minimum absolute atomic E-state index is 0.0867. The Hall–Kier alpha value is -2.34. The molecule has 0 fully saturated rings. The molecule has 0 saturated heterocycles. The van der Waals surface area contributed by atoms with Crippen molar-refractivity contribution in [1.82, 2.24) is 4.90 Å². The molecule has 2 rings (SSSR count). The molecule has 0 aliphatic rings. The van der Waals surface area contributed by atoms with E-state index in [4.69, 9.17) is 14.4 Å². The standard InChI is InChI=1S/C19H26N2O4/c1-4-21(5-2)10-6-7-11-24-16-9-8-15-12-17(14(3)22)19(20-23)25-18(15)13-16/h8-9,12-13,23H,4-7,10-11H2,1-3H3. The SMILES string of the molecule is CCN(CC)CCCCOc1ccc2cc(C(C)=O)c(=NO)oc2c1. The fraction of sp³-hybridized carbons (Fsp3) is 0.474. The summed E-state index contributed by atoms with van der Waals surface area (Å²) < 4.78 is 11.3. The van der Waals surface area contributed by atoms with Crippen molar-refractivity contribution in [2.45, 2.75) is 33.6 Å². The first-order valence-corrected chi connectivity index (χ1v) is 8.71. The minimum Gasteiger partial charge on any atom is -0.493 e. The van der Waals surface area contributed by atoms with Gasteiger partial charge in [0.25, 0.3) is 5.55 Å². The number of ketones is 1. The number of nitrogens with zero attached hydrogens (tertiary/aromatic N) is 2.